The minimum Gasteiger partial charge on any atom is -0.301 e. The van der Waals surface area contributed by atoms with Crippen molar-refractivity contribution in [3.05, 3.63) is 0 Å². The van der Waals surface area contributed by atoms with Crippen molar-refractivity contribution in [1.82, 2.24) is 0 Å². The van der Waals surface area contributed by atoms with Crippen molar-refractivity contribution in [2.45, 2.75) is 118 Å². The number of hydrogen-bond donors (Lipinski definition) is 1. The Kier molecular flexibility index (Phi) is 7.00. The number of hydrogen-bond acceptors (Lipinski definition) is 2. The van der Waals surface area contributed by atoms with Crippen LogP contribution in [0, 0.1) is 40.4 Å². The van der Waals surface area contributed by atoms with Gasteiger partial charge in [-0.1, -0.05) is 53.9 Å². The fraction of sp³-hybridized carbons (Fsp3) is 1.00. The van der Waals surface area contributed by atoms with Crippen LogP contribution in [0.15, 0.2) is 0 Å². The van der Waals surface area contributed by atoms with Crippen LogP contribution in [0.1, 0.15) is 112 Å². The summed E-state index contributed by atoms with van der Waals surface area (Å²) in [6.07, 6.45) is 17.0. The molecular weight excluding hydrogens is 330 g/mol. The van der Waals surface area contributed by atoms with Crippen LogP contribution in [0.25, 0.3) is 0 Å². The lowest BCUT2D eigenvalue weighted by Crippen LogP contribution is -2.48. The molecule has 0 aliphatic heterocycles. The van der Waals surface area contributed by atoms with E-state index in [2.05, 4.69) is 34.6 Å². The fourth-order valence-corrected chi connectivity index (χ4v) is 7.31. The SMILES string of the molecule is CC(C)CCCCC1CC2CC[C@H]3C[C@H](ON)CCC3(C)C2CCC1(C)C. The summed E-state index contributed by atoms with van der Waals surface area (Å²) in [4.78, 5) is 5.27. The Hall–Kier alpha value is -0.0800. The van der Waals surface area contributed by atoms with Gasteiger partial charge in [0, 0.05) is 0 Å². The number of rotatable bonds is 6. The first-order valence-corrected chi connectivity index (χ1v) is 12.1. The average molecular weight is 378 g/mol. The molecule has 6 atom stereocenters. The minimum atomic E-state index is 0.315. The van der Waals surface area contributed by atoms with Gasteiger partial charge in [0.05, 0.1) is 6.10 Å². The maximum atomic E-state index is 5.56. The smallest absolute Gasteiger partial charge is 0.0790 e. The van der Waals surface area contributed by atoms with Gasteiger partial charge in [-0.05, 0) is 98.2 Å². The van der Waals surface area contributed by atoms with E-state index in [1.807, 2.05) is 0 Å². The predicted molar refractivity (Wildman–Crippen MR) is 115 cm³/mol. The zero-order valence-electron chi connectivity index (χ0n) is 18.9. The molecule has 2 N–H and O–H groups in total. The summed E-state index contributed by atoms with van der Waals surface area (Å²) in [7, 11) is 0. The van der Waals surface area contributed by atoms with Gasteiger partial charge < -0.3 is 4.84 Å². The van der Waals surface area contributed by atoms with Crippen molar-refractivity contribution < 1.29 is 4.84 Å². The molecule has 0 radical (unpaired) electrons. The van der Waals surface area contributed by atoms with Crippen LogP contribution >= 0.6 is 0 Å². The van der Waals surface area contributed by atoms with E-state index in [0.29, 0.717) is 16.9 Å². The summed E-state index contributed by atoms with van der Waals surface area (Å²) >= 11 is 0. The van der Waals surface area contributed by atoms with Gasteiger partial charge in [-0.2, -0.15) is 0 Å². The largest absolute Gasteiger partial charge is 0.301 e. The van der Waals surface area contributed by atoms with E-state index in [1.54, 1.807) is 0 Å². The van der Waals surface area contributed by atoms with E-state index < -0.39 is 0 Å². The maximum Gasteiger partial charge on any atom is 0.0790 e. The molecule has 0 amide bonds. The number of fused-ring (bicyclic) bond motifs is 3. The van der Waals surface area contributed by atoms with Crippen molar-refractivity contribution in [1.29, 1.82) is 0 Å². The van der Waals surface area contributed by atoms with Crippen LogP contribution in [-0.2, 0) is 4.84 Å². The second kappa shape index (κ2) is 8.74. The second-order valence-electron chi connectivity index (χ2n) is 11.8. The second-order valence-corrected chi connectivity index (χ2v) is 11.8. The van der Waals surface area contributed by atoms with Crippen LogP contribution in [0.3, 0.4) is 0 Å². The predicted octanol–water partition coefficient (Wildman–Crippen LogP) is 7.12. The first-order chi connectivity index (χ1) is 12.8. The lowest BCUT2D eigenvalue weighted by molar-refractivity contribution is -0.0938. The van der Waals surface area contributed by atoms with Gasteiger partial charge in [-0.15, -0.1) is 0 Å². The molecule has 3 rings (SSSR count). The molecule has 2 heteroatoms. The van der Waals surface area contributed by atoms with E-state index in [4.69, 9.17) is 10.7 Å². The van der Waals surface area contributed by atoms with Gasteiger partial charge in [0.2, 0.25) is 0 Å². The molecule has 0 bridgehead atoms. The van der Waals surface area contributed by atoms with Crippen molar-refractivity contribution >= 4 is 0 Å². The summed E-state index contributed by atoms with van der Waals surface area (Å²) in [5.74, 6) is 10.1. The minimum absolute atomic E-state index is 0.315. The quantitative estimate of drug-likeness (QED) is 0.395. The Bertz CT molecular complexity index is 473. The van der Waals surface area contributed by atoms with Gasteiger partial charge in [0.25, 0.3) is 0 Å². The molecule has 0 saturated heterocycles. The summed E-state index contributed by atoms with van der Waals surface area (Å²) in [6.45, 7) is 12.5. The molecule has 0 spiro atoms. The Balaban J connectivity index is 1.66. The Morgan fingerprint density at radius 1 is 0.963 bits per heavy atom. The van der Waals surface area contributed by atoms with Crippen molar-refractivity contribution in [3.63, 3.8) is 0 Å². The van der Waals surface area contributed by atoms with Gasteiger partial charge in [-0.25, -0.2) is 5.90 Å². The third kappa shape index (κ3) is 4.74. The summed E-state index contributed by atoms with van der Waals surface area (Å²) < 4.78 is 0. The van der Waals surface area contributed by atoms with Gasteiger partial charge in [0.1, 0.15) is 0 Å². The van der Waals surface area contributed by atoms with Crippen LogP contribution < -0.4 is 5.90 Å². The third-order valence-electron chi connectivity index (χ3n) is 9.36. The standard InChI is InChI=1S/C25H47NO/c1-18(2)8-6-7-9-20-16-19-10-11-21-17-22(27-26)12-15-25(21,5)23(19)13-14-24(20,3)4/h18-23H,6-17,26H2,1-5H3/t19?,20?,21-,22+,23?,25?/m0/s1. The molecule has 0 aromatic heterocycles. The molecule has 3 aliphatic carbocycles. The number of unbranched alkanes of at least 4 members (excludes halogenated alkanes) is 1. The van der Waals surface area contributed by atoms with Crippen LogP contribution in [-0.4, -0.2) is 6.10 Å². The Labute approximate surface area is 169 Å². The van der Waals surface area contributed by atoms with E-state index in [0.717, 1.165) is 29.6 Å². The van der Waals surface area contributed by atoms with Crippen LogP contribution in [0.2, 0.25) is 0 Å². The molecule has 3 aliphatic rings. The van der Waals surface area contributed by atoms with Gasteiger partial charge in [-0.3, -0.25) is 0 Å². The highest BCUT2D eigenvalue weighted by Crippen LogP contribution is 2.61. The topological polar surface area (TPSA) is 35.2 Å². The lowest BCUT2D eigenvalue weighted by atomic mass is 9.51. The van der Waals surface area contributed by atoms with Crippen molar-refractivity contribution in [3.8, 4) is 0 Å². The summed E-state index contributed by atoms with van der Waals surface area (Å²) in [5, 5.41) is 0. The molecule has 0 heterocycles. The zero-order chi connectivity index (χ0) is 19.7. The number of nitrogens with two attached hydrogens (primary N) is 1. The van der Waals surface area contributed by atoms with E-state index in [9.17, 15) is 0 Å². The average Bonchev–Trinajstić information content (AvgIpc) is 2.74. The highest BCUT2D eigenvalue weighted by atomic mass is 16.6. The van der Waals surface area contributed by atoms with Crippen molar-refractivity contribution in [2.24, 2.45) is 46.3 Å². The van der Waals surface area contributed by atoms with E-state index >= 15 is 0 Å². The third-order valence-corrected chi connectivity index (χ3v) is 9.36. The van der Waals surface area contributed by atoms with Crippen molar-refractivity contribution in [2.75, 3.05) is 0 Å². The lowest BCUT2D eigenvalue weighted by Gasteiger charge is -2.55. The van der Waals surface area contributed by atoms with E-state index in [-0.39, 0.29) is 0 Å². The first kappa shape index (κ1) is 21.6. The Morgan fingerprint density at radius 3 is 2.44 bits per heavy atom. The zero-order valence-corrected chi connectivity index (χ0v) is 18.9. The molecular formula is C25H47NO. The van der Waals surface area contributed by atoms with Crippen LogP contribution in [0.5, 0.6) is 0 Å². The molecule has 27 heavy (non-hydrogen) atoms. The molecule has 3 fully saturated rings. The highest BCUT2D eigenvalue weighted by molar-refractivity contribution is 5.02. The van der Waals surface area contributed by atoms with Gasteiger partial charge in [0.15, 0.2) is 0 Å². The molecule has 158 valence electrons. The fourth-order valence-electron chi connectivity index (χ4n) is 7.31. The summed E-state index contributed by atoms with van der Waals surface area (Å²) in [6, 6.07) is 0. The Morgan fingerprint density at radius 2 is 1.74 bits per heavy atom. The molecule has 0 aromatic carbocycles. The molecule has 2 nitrogen and oxygen atoms in total. The normalized spacial score (nSPS) is 41.7. The monoisotopic (exact) mass is 377 g/mol. The molecule has 0 aromatic rings. The van der Waals surface area contributed by atoms with Gasteiger partial charge >= 0.3 is 0 Å². The first-order valence-electron chi connectivity index (χ1n) is 12.1. The molecule has 3 saturated carbocycles. The van der Waals surface area contributed by atoms with E-state index in [1.165, 1.54) is 77.0 Å². The maximum absolute atomic E-state index is 5.56. The molecule has 4 unspecified atom stereocenters. The summed E-state index contributed by atoms with van der Waals surface area (Å²) in [5.41, 5.74) is 1.07. The van der Waals surface area contributed by atoms with Crippen LogP contribution in [0.4, 0.5) is 0 Å². The highest BCUT2D eigenvalue weighted by Gasteiger charge is 2.52.